The lowest BCUT2D eigenvalue weighted by Gasteiger charge is -2.20. The molecule has 3 nitrogen and oxygen atoms in total. The minimum absolute atomic E-state index is 0.278. The summed E-state index contributed by atoms with van der Waals surface area (Å²) in [6, 6.07) is 2.76. The van der Waals surface area contributed by atoms with Crippen LogP contribution in [0.1, 0.15) is 36.9 Å². The van der Waals surface area contributed by atoms with E-state index >= 15 is 0 Å². The van der Waals surface area contributed by atoms with E-state index in [1.54, 1.807) is 0 Å². The van der Waals surface area contributed by atoms with Crippen molar-refractivity contribution in [1.29, 1.82) is 0 Å². The van der Waals surface area contributed by atoms with E-state index < -0.39 is 17.8 Å². The molecular weight excluding hydrogens is 255 g/mol. The van der Waals surface area contributed by atoms with E-state index in [1.807, 2.05) is 6.92 Å². The van der Waals surface area contributed by atoms with Gasteiger partial charge in [-0.25, -0.2) is 0 Å². The number of benzene rings is 1. The van der Waals surface area contributed by atoms with Crippen LogP contribution < -0.4 is 17.0 Å². The molecule has 5 N–H and O–H groups in total. The van der Waals surface area contributed by atoms with Gasteiger partial charge in [-0.15, -0.1) is 0 Å². The number of nitrogen functional groups attached to an aromatic ring is 1. The molecule has 6 heteroatoms. The van der Waals surface area contributed by atoms with Gasteiger partial charge < -0.3 is 5.73 Å². The molecule has 106 valence electrons. The largest absolute Gasteiger partial charge is 0.416 e. The van der Waals surface area contributed by atoms with Gasteiger partial charge in [-0.05, 0) is 36.6 Å². The molecule has 1 rings (SSSR count). The molecule has 1 aromatic rings. The van der Waals surface area contributed by atoms with Gasteiger partial charge in [0.1, 0.15) is 0 Å². The second-order valence-corrected chi connectivity index (χ2v) is 4.37. The van der Waals surface area contributed by atoms with Crippen LogP contribution in [-0.4, -0.2) is 0 Å². The fraction of sp³-hybridized carbons (Fsp3) is 0.385. The molecular formula is C13H18F3N3. The molecule has 0 aromatic heterocycles. The van der Waals surface area contributed by atoms with Crippen molar-refractivity contribution >= 4 is 5.69 Å². The zero-order valence-corrected chi connectivity index (χ0v) is 10.7. The Morgan fingerprint density at radius 1 is 1.42 bits per heavy atom. The fourth-order valence-corrected chi connectivity index (χ4v) is 1.74. The van der Waals surface area contributed by atoms with Gasteiger partial charge in [-0.2, -0.15) is 13.2 Å². The van der Waals surface area contributed by atoms with Crippen LogP contribution in [-0.2, 0) is 6.18 Å². The Bertz CT molecular complexity index is 455. The molecule has 0 heterocycles. The number of anilines is 1. The lowest BCUT2D eigenvalue weighted by atomic mass is 9.96. The first kappa shape index (κ1) is 15.5. The predicted molar refractivity (Wildman–Crippen MR) is 70.0 cm³/mol. The van der Waals surface area contributed by atoms with Gasteiger partial charge >= 0.3 is 6.18 Å². The van der Waals surface area contributed by atoms with Crippen molar-refractivity contribution in [3.05, 3.63) is 41.5 Å². The van der Waals surface area contributed by atoms with Gasteiger partial charge in [0.2, 0.25) is 0 Å². The highest BCUT2D eigenvalue weighted by Gasteiger charge is 2.31. The van der Waals surface area contributed by atoms with Crippen LogP contribution in [0.2, 0.25) is 0 Å². The van der Waals surface area contributed by atoms with E-state index in [0.717, 1.165) is 24.1 Å². The number of halogens is 3. The summed E-state index contributed by atoms with van der Waals surface area (Å²) < 4.78 is 38.1. The number of nitrogens with one attached hydrogen (secondary N) is 1. The Hall–Kier alpha value is -1.53. The number of hydrogen-bond acceptors (Lipinski definition) is 3. The van der Waals surface area contributed by atoms with Crippen molar-refractivity contribution in [3.8, 4) is 0 Å². The molecule has 0 bridgehead atoms. The van der Waals surface area contributed by atoms with Crippen LogP contribution in [0.4, 0.5) is 18.9 Å². The van der Waals surface area contributed by atoms with Crippen LogP contribution in [0, 0.1) is 0 Å². The molecule has 19 heavy (non-hydrogen) atoms. The summed E-state index contributed by atoms with van der Waals surface area (Å²) in [5.74, 6) is 5.41. The molecule has 0 saturated heterocycles. The average molecular weight is 273 g/mol. The van der Waals surface area contributed by atoms with E-state index in [9.17, 15) is 13.2 Å². The smallest absolute Gasteiger partial charge is 0.398 e. The molecule has 1 unspecified atom stereocenters. The Morgan fingerprint density at radius 3 is 2.53 bits per heavy atom. The lowest BCUT2D eigenvalue weighted by molar-refractivity contribution is -0.137. The summed E-state index contributed by atoms with van der Waals surface area (Å²) in [5, 5.41) is 0. The Morgan fingerprint density at radius 2 is 2.05 bits per heavy atom. The minimum atomic E-state index is -4.40. The normalized spacial score (nSPS) is 13.3. The highest BCUT2D eigenvalue weighted by Crippen LogP contribution is 2.34. The summed E-state index contributed by atoms with van der Waals surface area (Å²) in [6.07, 6.45) is -3.22. The molecule has 0 radical (unpaired) electrons. The van der Waals surface area contributed by atoms with Crippen molar-refractivity contribution in [1.82, 2.24) is 5.43 Å². The maximum atomic E-state index is 12.7. The first-order valence-electron chi connectivity index (χ1n) is 5.89. The summed E-state index contributed by atoms with van der Waals surface area (Å²) in [6.45, 7) is 5.75. The molecule has 0 spiro atoms. The number of rotatable bonds is 5. The third kappa shape index (κ3) is 3.97. The Labute approximate surface area is 110 Å². The number of nitrogens with two attached hydrogens (primary N) is 2. The van der Waals surface area contributed by atoms with Crippen molar-refractivity contribution in [2.75, 3.05) is 5.73 Å². The highest BCUT2D eigenvalue weighted by atomic mass is 19.4. The summed E-state index contributed by atoms with van der Waals surface area (Å²) in [5.41, 5.74) is 9.00. The maximum Gasteiger partial charge on any atom is 0.416 e. The zero-order valence-electron chi connectivity index (χ0n) is 10.7. The molecule has 0 saturated carbocycles. The van der Waals surface area contributed by atoms with Crippen LogP contribution in [0.5, 0.6) is 0 Å². The quantitative estimate of drug-likeness (QED) is 0.334. The zero-order chi connectivity index (χ0) is 14.6. The maximum absolute atomic E-state index is 12.7. The molecule has 1 atom stereocenters. The van der Waals surface area contributed by atoms with Gasteiger partial charge in [0.15, 0.2) is 0 Å². The molecule has 1 aromatic carbocycles. The van der Waals surface area contributed by atoms with Crippen LogP contribution in [0.25, 0.3) is 0 Å². The van der Waals surface area contributed by atoms with Crippen molar-refractivity contribution in [2.24, 2.45) is 5.84 Å². The number of hydrazine groups is 1. The molecule has 0 aliphatic rings. The Kier molecular flexibility index (Phi) is 4.97. The van der Waals surface area contributed by atoms with Gasteiger partial charge in [-0.1, -0.05) is 19.1 Å². The first-order valence-corrected chi connectivity index (χ1v) is 5.89. The summed E-state index contributed by atoms with van der Waals surface area (Å²) in [7, 11) is 0. The second-order valence-electron chi connectivity index (χ2n) is 4.37. The van der Waals surface area contributed by atoms with Gasteiger partial charge in [0.05, 0.1) is 11.6 Å². The SMILES string of the molecule is C=C(CC)CC(NN)c1cc(C(F)(F)F)ccc1N. The molecule has 0 amide bonds. The predicted octanol–water partition coefficient (Wildman–Crippen LogP) is 3.15. The summed E-state index contributed by atoms with van der Waals surface area (Å²) >= 11 is 0. The van der Waals surface area contributed by atoms with Crippen molar-refractivity contribution < 1.29 is 13.2 Å². The molecule has 0 aliphatic carbocycles. The monoisotopic (exact) mass is 273 g/mol. The third-order valence-electron chi connectivity index (χ3n) is 2.98. The van der Waals surface area contributed by atoms with Crippen molar-refractivity contribution in [3.63, 3.8) is 0 Å². The topological polar surface area (TPSA) is 64.1 Å². The fourth-order valence-electron chi connectivity index (χ4n) is 1.74. The van der Waals surface area contributed by atoms with Gasteiger partial charge in [-0.3, -0.25) is 11.3 Å². The van der Waals surface area contributed by atoms with Crippen LogP contribution >= 0.6 is 0 Å². The number of hydrogen-bond donors (Lipinski definition) is 3. The first-order chi connectivity index (χ1) is 8.79. The van der Waals surface area contributed by atoms with Crippen LogP contribution in [0.15, 0.2) is 30.4 Å². The van der Waals surface area contributed by atoms with E-state index in [2.05, 4.69) is 12.0 Å². The van der Waals surface area contributed by atoms with Crippen LogP contribution in [0.3, 0.4) is 0 Å². The minimum Gasteiger partial charge on any atom is -0.398 e. The second kappa shape index (κ2) is 6.08. The third-order valence-corrected chi connectivity index (χ3v) is 2.98. The van der Waals surface area contributed by atoms with E-state index in [0.29, 0.717) is 12.0 Å². The van der Waals surface area contributed by atoms with Crippen molar-refractivity contribution in [2.45, 2.75) is 32.0 Å². The standard InChI is InChI=1S/C13H18F3N3/c1-3-8(2)6-12(19-18)10-7-9(13(14,15)16)4-5-11(10)17/h4-5,7,12,19H,2-3,6,17-18H2,1H3. The summed E-state index contributed by atoms with van der Waals surface area (Å²) in [4.78, 5) is 0. The average Bonchev–Trinajstić information content (AvgIpc) is 2.35. The molecule has 0 aliphatic heterocycles. The van der Waals surface area contributed by atoms with Gasteiger partial charge in [0, 0.05) is 5.69 Å². The van der Waals surface area contributed by atoms with E-state index in [-0.39, 0.29) is 5.69 Å². The molecule has 0 fully saturated rings. The van der Waals surface area contributed by atoms with Gasteiger partial charge in [0.25, 0.3) is 0 Å². The highest BCUT2D eigenvalue weighted by molar-refractivity contribution is 5.51. The van der Waals surface area contributed by atoms with E-state index in [1.165, 1.54) is 6.07 Å². The lowest BCUT2D eigenvalue weighted by Crippen LogP contribution is -2.29. The van der Waals surface area contributed by atoms with E-state index in [4.69, 9.17) is 11.6 Å². The Balaban J connectivity index is 3.12. The number of alkyl halides is 3.